The number of rotatable bonds is 9. The highest BCUT2D eigenvalue weighted by Crippen LogP contribution is 2.22. The number of esters is 1. The second kappa shape index (κ2) is 10.3. The molecule has 0 aliphatic carbocycles. The van der Waals surface area contributed by atoms with Gasteiger partial charge in [-0.25, -0.2) is 4.79 Å². The minimum Gasteiger partial charge on any atom is -0.484 e. The molecule has 0 aromatic heterocycles. The Morgan fingerprint density at radius 2 is 1.89 bits per heavy atom. The molecule has 0 aliphatic heterocycles. The van der Waals surface area contributed by atoms with Crippen LogP contribution >= 0.6 is 11.6 Å². The molecule has 1 N–H and O–H groups in total. The van der Waals surface area contributed by atoms with Crippen LogP contribution in [0.4, 0.5) is 5.69 Å². The quantitative estimate of drug-likeness (QED) is 0.396. The zero-order valence-electron chi connectivity index (χ0n) is 14.9. The number of unbranched alkanes of at least 4 members (excludes halogenated alkanes) is 1. The number of hydrogen-bond acceptors (Lipinski definition) is 5. The van der Waals surface area contributed by atoms with Crippen molar-refractivity contribution in [1.29, 1.82) is 0 Å². The van der Waals surface area contributed by atoms with Crippen LogP contribution in [-0.4, -0.2) is 31.4 Å². The predicted molar refractivity (Wildman–Crippen MR) is 103 cm³/mol. The fourth-order valence-corrected chi connectivity index (χ4v) is 2.33. The lowest BCUT2D eigenvalue weighted by Crippen LogP contribution is -2.20. The van der Waals surface area contributed by atoms with Crippen molar-refractivity contribution in [2.45, 2.75) is 19.8 Å². The number of amides is 1. The van der Waals surface area contributed by atoms with Crippen molar-refractivity contribution < 1.29 is 23.9 Å². The van der Waals surface area contributed by atoms with E-state index in [-0.39, 0.29) is 17.2 Å². The maximum atomic E-state index is 12.1. The Morgan fingerprint density at radius 3 is 2.56 bits per heavy atom. The summed E-state index contributed by atoms with van der Waals surface area (Å²) < 4.78 is 10.5. The van der Waals surface area contributed by atoms with Gasteiger partial charge in [0.1, 0.15) is 12.0 Å². The van der Waals surface area contributed by atoms with E-state index in [9.17, 15) is 14.4 Å². The van der Waals surface area contributed by atoms with Crippen molar-refractivity contribution in [3.8, 4) is 5.75 Å². The van der Waals surface area contributed by atoms with Crippen LogP contribution in [0.5, 0.6) is 5.75 Å². The van der Waals surface area contributed by atoms with Gasteiger partial charge in [0.25, 0.3) is 5.91 Å². The topological polar surface area (TPSA) is 81.7 Å². The number of carbonyl (C=O) groups is 3. The van der Waals surface area contributed by atoms with E-state index >= 15 is 0 Å². The number of aldehydes is 1. The maximum Gasteiger partial charge on any atom is 0.339 e. The molecule has 0 heterocycles. The van der Waals surface area contributed by atoms with Gasteiger partial charge >= 0.3 is 5.97 Å². The highest BCUT2D eigenvalue weighted by molar-refractivity contribution is 6.33. The second-order valence-electron chi connectivity index (χ2n) is 5.71. The van der Waals surface area contributed by atoms with Gasteiger partial charge in [-0.05, 0) is 48.9 Å². The van der Waals surface area contributed by atoms with Crippen LogP contribution < -0.4 is 10.1 Å². The van der Waals surface area contributed by atoms with E-state index in [0.29, 0.717) is 23.6 Å². The number of benzene rings is 2. The zero-order valence-corrected chi connectivity index (χ0v) is 15.6. The summed E-state index contributed by atoms with van der Waals surface area (Å²) in [5.74, 6) is -0.467. The van der Waals surface area contributed by atoms with Gasteiger partial charge in [-0.2, -0.15) is 0 Å². The van der Waals surface area contributed by atoms with Crippen molar-refractivity contribution in [2.24, 2.45) is 0 Å². The molecule has 0 fully saturated rings. The van der Waals surface area contributed by atoms with Gasteiger partial charge in [-0.15, -0.1) is 0 Å². The molecule has 0 saturated carbocycles. The van der Waals surface area contributed by atoms with Crippen molar-refractivity contribution in [3.05, 3.63) is 58.6 Å². The number of nitrogens with one attached hydrogen (secondary N) is 1. The van der Waals surface area contributed by atoms with Gasteiger partial charge in [-0.3, -0.25) is 9.59 Å². The normalized spacial score (nSPS) is 10.1. The molecular weight excluding hydrogens is 370 g/mol. The van der Waals surface area contributed by atoms with Gasteiger partial charge in [0.15, 0.2) is 6.61 Å². The molecule has 0 bridgehead atoms. The minimum absolute atomic E-state index is 0.191. The van der Waals surface area contributed by atoms with E-state index < -0.39 is 11.9 Å². The molecule has 6 nitrogen and oxygen atoms in total. The second-order valence-corrected chi connectivity index (χ2v) is 6.12. The van der Waals surface area contributed by atoms with Gasteiger partial charge < -0.3 is 14.8 Å². The zero-order chi connectivity index (χ0) is 19.6. The summed E-state index contributed by atoms with van der Waals surface area (Å²) in [6.07, 6.45) is 2.40. The first-order valence-corrected chi connectivity index (χ1v) is 8.86. The molecule has 0 unspecified atom stereocenters. The smallest absolute Gasteiger partial charge is 0.339 e. The SMILES string of the molecule is CCCCOC(=O)c1cc(NC(=O)COc2ccc(C=O)cc2)ccc1Cl. The Morgan fingerprint density at radius 1 is 1.15 bits per heavy atom. The predicted octanol–water partition coefficient (Wildman–Crippen LogP) is 4.13. The summed E-state index contributed by atoms with van der Waals surface area (Å²) in [6.45, 7) is 2.09. The third kappa shape index (κ3) is 6.42. The average Bonchev–Trinajstić information content (AvgIpc) is 2.68. The van der Waals surface area contributed by atoms with Crippen LogP contribution in [-0.2, 0) is 9.53 Å². The van der Waals surface area contributed by atoms with Gasteiger partial charge in [0.2, 0.25) is 0 Å². The van der Waals surface area contributed by atoms with Crippen LogP contribution in [0, 0.1) is 0 Å². The third-order valence-electron chi connectivity index (χ3n) is 3.59. The van der Waals surface area contributed by atoms with E-state index in [0.717, 1.165) is 19.1 Å². The Bertz CT molecular complexity index is 805. The monoisotopic (exact) mass is 389 g/mol. The Hall–Kier alpha value is -2.86. The molecule has 0 atom stereocenters. The Kier molecular flexibility index (Phi) is 7.82. The molecule has 0 spiro atoms. The summed E-state index contributed by atoms with van der Waals surface area (Å²) in [7, 11) is 0. The molecular formula is C20H20ClNO5. The molecule has 1 amide bonds. The fourth-order valence-electron chi connectivity index (χ4n) is 2.13. The standard InChI is InChI=1S/C20H20ClNO5/c1-2-3-10-26-20(25)17-11-15(6-9-18(17)21)22-19(24)13-27-16-7-4-14(12-23)5-8-16/h4-9,11-12H,2-3,10,13H2,1H3,(H,22,24). The van der Waals surface area contributed by atoms with E-state index in [1.54, 1.807) is 30.3 Å². The Labute approximate surface area is 162 Å². The van der Waals surface area contributed by atoms with Crippen molar-refractivity contribution >= 4 is 35.5 Å². The van der Waals surface area contributed by atoms with E-state index in [1.165, 1.54) is 12.1 Å². The Balaban J connectivity index is 1.93. The molecule has 7 heteroatoms. The molecule has 27 heavy (non-hydrogen) atoms. The van der Waals surface area contributed by atoms with Gasteiger partial charge in [-0.1, -0.05) is 24.9 Å². The molecule has 0 radical (unpaired) electrons. The summed E-state index contributed by atoms with van der Waals surface area (Å²) in [5.41, 5.74) is 1.12. The number of halogens is 1. The summed E-state index contributed by atoms with van der Waals surface area (Å²) in [4.78, 5) is 34.7. The highest BCUT2D eigenvalue weighted by Gasteiger charge is 2.14. The average molecular weight is 390 g/mol. The summed E-state index contributed by atoms with van der Waals surface area (Å²) >= 11 is 6.04. The van der Waals surface area contributed by atoms with E-state index in [2.05, 4.69) is 5.32 Å². The van der Waals surface area contributed by atoms with E-state index in [1.807, 2.05) is 6.92 Å². The molecule has 0 aliphatic rings. The lowest BCUT2D eigenvalue weighted by molar-refractivity contribution is -0.118. The fraction of sp³-hybridized carbons (Fsp3) is 0.250. The van der Waals surface area contributed by atoms with Gasteiger partial charge in [0.05, 0.1) is 17.2 Å². The molecule has 2 aromatic rings. The van der Waals surface area contributed by atoms with Crippen LogP contribution in [0.1, 0.15) is 40.5 Å². The third-order valence-corrected chi connectivity index (χ3v) is 3.92. The molecule has 142 valence electrons. The first-order valence-electron chi connectivity index (χ1n) is 8.48. The van der Waals surface area contributed by atoms with Crippen LogP contribution in [0.3, 0.4) is 0 Å². The first kappa shape index (κ1) is 20.5. The lowest BCUT2D eigenvalue weighted by Gasteiger charge is -2.10. The number of carbonyl (C=O) groups excluding carboxylic acids is 3. The minimum atomic E-state index is -0.531. The van der Waals surface area contributed by atoms with Crippen LogP contribution in [0.25, 0.3) is 0 Å². The van der Waals surface area contributed by atoms with E-state index in [4.69, 9.17) is 21.1 Å². The first-order chi connectivity index (χ1) is 13.0. The largest absolute Gasteiger partial charge is 0.484 e. The lowest BCUT2D eigenvalue weighted by atomic mass is 10.2. The molecule has 0 saturated heterocycles. The van der Waals surface area contributed by atoms with Crippen molar-refractivity contribution in [3.63, 3.8) is 0 Å². The van der Waals surface area contributed by atoms with Crippen molar-refractivity contribution in [2.75, 3.05) is 18.5 Å². The number of hydrogen-bond donors (Lipinski definition) is 1. The highest BCUT2D eigenvalue weighted by atomic mass is 35.5. The number of ether oxygens (including phenoxy) is 2. The van der Waals surface area contributed by atoms with Gasteiger partial charge in [0, 0.05) is 11.3 Å². The van der Waals surface area contributed by atoms with Crippen molar-refractivity contribution in [1.82, 2.24) is 0 Å². The molecule has 2 aromatic carbocycles. The summed E-state index contributed by atoms with van der Waals surface area (Å²) in [5, 5.41) is 2.89. The molecule has 2 rings (SSSR count). The number of anilines is 1. The van der Waals surface area contributed by atoms with Crippen LogP contribution in [0.2, 0.25) is 5.02 Å². The van der Waals surface area contributed by atoms with Crippen LogP contribution in [0.15, 0.2) is 42.5 Å². The summed E-state index contributed by atoms with van der Waals surface area (Å²) in [6, 6.07) is 11.0. The maximum absolute atomic E-state index is 12.1.